The van der Waals surface area contributed by atoms with Crippen LogP contribution in [-0.4, -0.2) is 51.9 Å². The minimum absolute atomic E-state index is 0.0809. The average molecular weight is 578 g/mol. The molecule has 0 aliphatic heterocycles. The Kier molecular flexibility index (Phi) is 7.33. The minimum Gasteiger partial charge on any atom is -0.497 e. The third-order valence-electron chi connectivity index (χ3n) is 7.15. The Morgan fingerprint density at radius 3 is 2.42 bits per heavy atom. The number of methoxy groups -OCH3 is 1. The molecular formula is C31H31N9O3. The lowest BCUT2D eigenvalue weighted by molar-refractivity contribution is 0.0990. The van der Waals surface area contributed by atoms with Crippen molar-refractivity contribution in [3.05, 3.63) is 95.3 Å². The fourth-order valence-corrected chi connectivity index (χ4v) is 5.05. The zero-order valence-corrected chi connectivity index (χ0v) is 24.4. The summed E-state index contributed by atoms with van der Waals surface area (Å²) < 4.78 is 17.2. The molecule has 0 aliphatic rings. The molecule has 12 nitrogen and oxygen atoms in total. The molecule has 6 aromatic rings. The maximum absolute atomic E-state index is 12.4. The van der Waals surface area contributed by atoms with E-state index in [-0.39, 0.29) is 5.82 Å². The summed E-state index contributed by atoms with van der Waals surface area (Å²) in [4.78, 5) is 21.5. The van der Waals surface area contributed by atoms with E-state index < -0.39 is 5.91 Å². The highest BCUT2D eigenvalue weighted by molar-refractivity contribution is 5.92. The van der Waals surface area contributed by atoms with E-state index in [0.717, 1.165) is 22.6 Å². The summed E-state index contributed by atoms with van der Waals surface area (Å²) in [6, 6.07) is 17.7. The van der Waals surface area contributed by atoms with Crippen LogP contribution in [0.2, 0.25) is 0 Å². The molecule has 0 bridgehead atoms. The van der Waals surface area contributed by atoms with E-state index in [0.29, 0.717) is 59.7 Å². The molecule has 0 saturated heterocycles. The Morgan fingerprint density at radius 1 is 0.977 bits per heavy atom. The van der Waals surface area contributed by atoms with E-state index in [1.54, 1.807) is 23.9 Å². The number of primary amides is 1. The van der Waals surface area contributed by atoms with Crippen molar-refractivity contribution in [1.29, 1.82) is 0 Å². The van der Waals surface area contributed by atoms with Gasteiger partial charge in [-0.25, -0.2) is 4.98 Å². The summed E-state index contributed by atoms with van der Waals surface area (Å²) in [6.45, 7) is 7.09. The zero-order valence-electron chi connectivity index (χ0n) is 24.4. The molecule has 6 rings (SSSR count). The normalized spacial score (nSPS) is 11.3. The summed E-state index contributed by atoms with van der Waals surface area (Å²) in [5.41, 5.74) is 10.9. The summed E-state index contributed by atoms with van der Waals surface area (Å²) in [5.74, 6) is 1.76. The highest BCUT2D eigenvalue weighted by Crippen LogP contribution is 2.36. The summed E-state index contributed by atoms with van der Waals surface area (Å²) in [6.07, 6.45) is 3.38. The van der Waals surface area contributed by atoms with E-state index in [4.69, 9.17) is 20.3 Å². The van der Waals surface area contributed by atoms with Gasteiger partial charge in [0.2, 0.25) is 5.82 Å². The Hall–Kier alpha value is -5.52. The standard InChI is InChI=1S/C31H31N9O3/c1-5-40-26(27(20(3)37-40)43-18-22-9-7-6-8-10-22)30-36-35-29(39(30)17-21-11-13-23(42-4)14-12-21)25-24-15-33-19(2)16-38(24)31(34-25)28(32)41/h6-16H,5,17-18H2,1-4H3,(H2,32,41). The van der Waals surface area contributed by atoms with Crippen molar-refractivity contribution in [2.45, 2.75) is 40.5 Å². The molecule has 0 spiro atoms. The van der Waals surface area contributed by atoms with Gasteiger partial charge in [-0.05, 0) is 44.0 Å². The number of carbonyl (C=O) groups is 1. The lowest BCUT2D eigenvalue weighted by Crippen LogP contribution is -2.15. The monoisotopic (exact) mass is 577 g/mol. The Balaban J connectivity index is 1.54. The van der Waals surface area contributed by atoms with Crippen LogP contribution >= 0.6 is 0 Å². The van der Waals surface area contributed by atoms with E-state index in [1.165, 1.54) is 0 Å². The van der Waals surface area contributed by atoms with E-state index in [9.17, 15) is 4.79 Å². The van der Waals surface area contributed by atoms with E-state index in [2.05, 4.69) is 20.2 Å². The summed E-state index contributed by atoms with van der Waals surface area (Å²) in [7, 11) is 1.63. The topological polar surface area (TPSA) is 140 Å². The van der Waals surface area contributed by atoms with Crippen molar-refractivity contribution in [3.63, 3.8) is 0 Å². The maximum Gasteiger partial charge on any atom is 0.285 e. The van der Waals surface area contributed by atoms with E-state index in [1.807, 2.05) is 84.6 Å². The predicted octanol–water partition coefficient (Wildman–Crippen LogP) is 4.22. The zero-order chi connectivity index (χ0) is 30.1. The number of aryl methyl sites for hydroxylation is 3. The largest absolute Gasteiger partial charge is 0.497 e. The molecule has 4 heterocycles. The molecule has 12 heteroatoms. The summed E-state index contributed by atoms with van der Waals surface area (Å²) >= 11 is 0. The molecule has 0 unspecified atom stereocenters. The second-order valence-corrected chi connectivity index (χ2v) is 10.1. The molecule has 1 amide bonds. The van der Waals surface area contributed by atoms with Gasteiger partial charge in [0, 0.05) is 12.7 Å². The molecule has 0 aliphatic carbocycles. The summed E-state index contributed by atoms with van der Waals surface area (Å²) in [5, 5.41) is 14.0. The Bertz CT molecular complexity index is 1920. The number of carbonyl (C=O) groups excluding carboxylic acids is 1. The molecule has 43 heavy (non-hydrogen) atoms. The second kappa shape index (κ2) is 11.4. The number of hydrogen-bond acceptors (Lipinski definition) is 8. The van der Waals surface area contributed by atoms with Crippen LogP contribution in [0.15, 0.2) is 67.0 Å². The average Bonchev–Trinajstić information content (AvgIpc) is 3.69. The van der Waals surface area contributed by atoms with Crippen LogP contribution in [0.5, 0.6) is 11.5 Å². The fourth-order valence-electron chi connectivity index (χ4n) is 5.05. The van der Waals surface area contributed by atoms with Crippen LogP contribution in [0.3, 0.4) is 0 Å². The van der Waals surface area contributed by atoms with Gasteiger partial charge >= 0.3 is 0 Å². The second-order valence-electron chi connectivity index (χ2n) is 10.1. The van der Waals surface area contributed by atoms with Crippen LogP contribution in [0, 0.1) is 13.8 Å². The Morgan fingerprint density at radius 2 is 1.72 bits per heavy atom. The third kappa shape index (κ3) is 5.18. The van der Waals surface area contributed by atoms with Crippen LogP contribution in [0.25, 0.3) is 28.6 Å². The smallest absolute Gasteiger partial charge is 0.285 e. The molecule has 0 fully saturated rings. The van der Waals surface area contributed by atoms with Gasteiger partial charge in [-0.15, -0.1) is 10.2 Å². The van der Waals surface area contributed by atoms with Gasteiger partial charge in [0.15, 0.2) is 17.4 Å². The van der Waals surface area contributed by atoms with Crippen LogP contribution in [0.1, 0.15) is 40.1 Å². The first-order valence-corrected chi connectivity index (χ1v) is 13.8. The number of benzene rings is 2. The molecule has 4 aromatic heterocycles. The van der Waals surface area contributed by atoms with Crippen molar-refractivity contribution in [3.8, 4) is 34.5 Å². The molecule has 0 atom stereocenters. The molecule has 0 radical (unpaired) electrons. The number of rotatable bonds is 10. The number of nitrogens with zero attached hydrogens (tertiary/aromatic N) is 8. The third-order valence-corrected chi connectivity index (χ3v) is 7.15. The molecule has 218 valence electrons. The number of hydrogen-bond donors (Lipinski definition) is 1. The van der Waals surface area contributed by atoms with Crippen molar-refractivity contribution in [2.75, 3.05) is 7.11 Å². The van der Waals surface area contributed by atoms with Gasteiger partial charge in [-0.2, -0.15) is 5.10 Å². The van der Waals surface area contributed by atoms with Gasteiger partial charge < -0.3 is 15.2 Å². The van der Waals surface area contributed by atoms with Gasteiger partial charge in [0.1, 0.15) is 29.4 Å². The number of fused-ring (bicyclic) bond motifs is 1. The lowest BCUT2D eigenvalue weighted by Gasteiger charge is -2.13. The fraction of sp³-hybridized carbons (Fsp3) is 0.226. The van der Waals surface area contributed by atoms with Gasteiger partial charge in [-0.1, -0.05) is 42.5 Å². The predicted molar refractivity (Wildman–Crippen MR) is 160 cm³/mol. The molecule has 0 saturated carbocycles. The minimum atomic E-state index is -0.662. The first-order valence-electron chi connectivity index (χ1n) is 13.8. The highest BCUT2D eigenvalue weighted by atomic mass is 16.5. The number of imidazole rings is 1. The van der Waals surface area contributed by atoms with Crippen LogP contribution < -0.4 is 15.2 Å². The lowest BCUT2D eigenvalue weighted by atomic mass is 10.2. The number of aromatic nitrogens is 8. The van der Waals surface area contributed by atoms with Crippen molar-refractivity contribution in [2.24, 2.45) is 5.73 Å². The number of nitrogens with two attached hydrogens (primary N) is 1. The molecule has 2 N–H and O–H groups in total. The van der Waals surface area contributed by atoms with Crippen molar-refractivity contribution >= 4 is 11.4 Å². The van der Waals surface area contributed by atoms with Gasteiger partial charge in [0.05, 0.1) is 31.1 Å². The molecular weight excluding hydrogens is 546 g/mol. The number of amides is 1. The number of ether oxygens (including phenoxy) is 2. The van der Waals surface area contributed by atoms with Crippen LogP contribution in [0.4, 0.5) is 0 Å². The maximum atomic E-state index is 12.4. The SMILES string of the molecule is CCn1nc(C)c(OCc2ccccc2)c1-c1nnc(-c2nc(C(N)=O)n3cc(C)ncc23)n1Cc1ccc(OC)cc1. The molecule has 2 aromatic carbocycles. The van der Waals surface area contributed by atoms with Gasteiger partial charge in [0.25, 0.3) is 5.91 Å². The first kappa shape index (κ1) is 27.6. The van der Waals surface area contributed by atoms with Crippen LogP contribution in [-0.2, 0) is 19.7 Å². The Labute approximate surface area is 247 Å². The quantitative estimate of drug-likeness (QED) is 0.255. The highest BCUT2D eigenvalue weighted by Gasteiger charge is 2.28. The van der Waals surface area contributed by atoms with Gasteiger partial charge in [-0.3, -0.25) is 23.4 Å². The first-order chi connectivity index (χ1) is 20.9. The van der Waals surface area contributed by atoms with E-state index >= 15 is 0 Å². The van der Waals surface area contributed by atoms with Crippen molar-refractivity contribution in [1.82, 2.24) is 38.9 Å². The van der Waals surface area contributed by atoms with Crippen molar-refractivity contribution < 1.29 is 14.3 Å².